The lowest BCUT2D eigenvalue weighted by molar-refractivity contribution is 0.0695. The van der Waals surface area contributed by atoms with E-state index in [0.717, 1.165) is 26.1 Å². The second-order valence-corrected chi connectivity index (χ2v) is 3.61. The molecule has 4 heteroatoms. The zero-order valence-electron chi connectivity index (χ0n) is 8.27. The topological polar surface area (TPSA) is 44.1 Å². The van der Waals surface area contributed by atoms with Gasteiger partial charge in [0.15, 0.2) is 5.78 Å². The Kier molecular flexibility index (Phi) is 2.63. The van der Waals surface area contributed by atoms with Gasteiger partial charge in [-0.15, -0.1) is 0 Å². The summed E-state index contributed by atoms with van der Waals surface area (Å²) in [5.41, 5.74) is 0.552. The highest BCUT2D eigenvalue weighted by Gasteiger charge is 2.16. The fourth-order valence-electron chi connectivity index (χ4n) is 1.70. The maximum absolute atomic E-state index is 11.0. The number of ether oxygens (including phenoxy) is 1. The molecule has 0 atom stereocenters. The van der Waals surface area contributed by atoms with Crippen LogP contribution in [0.3, 0.4) is 0 Å². The van der Waals surface area contributed by atoms with Gasteiger partial charge in [0.2, 0.25) is 0 Å². The molecule has 14 heavy (non-hydrogen) atoms. The van der Waals surface area contributed by atoms with Gasteiger partial charge in [-0.3, -0.25) is 4.79 Å². The van der Waals surface area contributed by atoms with Gasteiger partial charge in [-0.2, -0.15) is 0 Å². The molecule has 2 rings (SSSR count). The van der Waals surface area contributed by atoms with Crippen LogP contribution in [-0.2, 0) is 4.74 Å². The Morgan fingerprint density at radius 1 is 1.57 bits per heavy atom. The minimum absolute atomic E-state index is 0.0239. The fourth-order valence-corrected chi connectivity index (χ4v) is 1.70. The Morgan fingerprint density at radius 2 is 2.29 bits per heavy atom. The number of hydrogen-bond donors (Lipinski definition) is 0. The van der Waals surface area contributed by atoms with E-state index in [1.807, 2.05) is 10.8 Å². The molecule has 2 heterocycles. The molecule has 4 nitrogen and oxygen atoms in total. The van der Waals surface area contributed by atoms with Crippen LogP contribution in [0.5, 0.6) is 0 Å². The summed E-state index contributed by atoms with van der Waals surface area (Å²) in [7, 11) is 0. The van der Waals surface area contributed by atoms with E-state index < -0.39 is 0 Å². The number of aromatic nitrogens is 2. The Balaban J connectivity index is 2.11. The zero-order valence-corrected chi connectivity index (χ0v) is 8.27. The van der Waals surface area contributed by atoms with E-state index in [2.05, 4.69) is 4.98 Å². The van der Waals surface area contributed by atoms with Gasteiger partial charge in [0.1, 0.15) is 5.69 Å². The number of carbonyl (C=O) groups excluding carboxylic acids is 1. The third kappa shape index (κ3) is 1.85. The molecule has 1 aliphatic heterocycles. The largest absolute Gasteiger partial charge is 0.381 e. The molecule has 0 bridgehead atoms. The average molecular weight is 194 g/mol. The monoisotopic (exact) mass is 194 g/mol. The number of Topliss-reactive ketones (excluding diaryl/α,β-unsaturated/α-hetero) is 1. The van der Waals surface area contributed by atoms with Crippen molar-refractivity contribution in [2.75, 3.05) is 13.2 Å². The van der Waals surface area contributed by atoms with Crippen molar-refractivity contribution in [3.63, 3.8) is 0 Å². The predicted molar refractivity (Wildman–Crippen MR) is 51.3 cm³/mol. The van der Waals surface area contributed by atoms with Crippen molar-refractivity contribution >= 4 is 5.78 Å². The quantitative estimate of drug-likeness (QED) is 0.669. The molecule has 1 saturated heterocycles. The van der Waals surface area contributed by atoms with Gasteiger partial charge in [-0.1, -0.05) is 0 Å². The van der Waals surface area contributed by atoms with Crippen molar-refractivity contribution in [1.82, 2.24) is 9.55 Å². The van der Waals surface area contributed by atoms with Gasteiger partial charge in [-0.05, 0) is 12.8 Å². The molecule has 0 amide bonds. The maximum atomic E-state index is 11.0. The third-order valence-electron chi connectivity index (χ3n) is 2.57. The Hall–Kier alpha value is -1.16. The van der Waals surface area contributed by atoms with Crippen LogP contribution in [0, 0.1) is 0 Å². The molecular weight excluding hydrogens is 180 g/mol. The van der Waals surface area contributed by atoms with Crippen LogP contribution in [0.4, 0.5) is 0 Å². The molecule has 0 spiro atoms. The van der Waals surface area contributed by atoms with Gasteiger partial charge >= 0.3 is 0 Å². The van der Waals surface area contributed by atoms with E-state index in [1.165, 1.54) is 6.92 Å². The molecular formula is C10H14N2O2. The lowest BCUT2D eigenvalue weighted by atomic mass is 10.1. The summed E-state index contributed by atoms with van der Waals surface area (Å²) < 4.78 is 7.30. The second-order valence-electron chi connectivity index (χ2n) is 3.61. The average Bonchev–Trinajstić information content (AvgIpc) is 2.68. The van der Waals surface area contributed by atoms with Gasteiger partial charge in [-0.25, -0.2) is 4.98 Å². The van der Waals surface area contributed by atoms with Crippen molar-refractivity contribution in [2.24, 2.45) is 0 Å². The van der Waals surface area contributed by atoms with Gasteiger partial charge in [0, 0.05) is 32.4 Å². The minimum atomic E-state index is 0.0239. The number of imidazole rings is 1. The molecule has 1 aromatic heterocycles. The first-order valence-corrected chi connectivity index (χ1v) is 4.89. The van der Waals surface area contributed by atoms with Crippen LogP contribution in [-0.4, -0.2) is 28.5 Å². The molecule has 0 saturated carbocycles. The SMILES string of the molecule is CC(=O)c1cn(C2CCOCC2)cn1. The van der Waals surface area contributed by atoms with E-state index in [1.54, 1.807) is 6.33 Å². The van der Waals surface area contributed by atoms with Crippen LogP contribution in [0.15, 0.2) is 12.5 Å². The van der Waals surface area contributed by atoms with E-state index in [-0.39, 0.29) is 5.78 Å². The van der Waals surface area contributed by atoms with E-state index in [0.29, 0.717) is 11.7 Å². The van der Waals surface area contributed by atoms with Crippen molar-refractivity contribution in [3.8, 4) is 0 Å². The van der Waals surface area contributed by atoms with Crippen LogP contribution < -0.4 is 0 Å². The van der Waals surface area contributed by atoms with Crippen LogP contribution in [0.25, 0.3) is 0 Å². The van der Waals surface area contributed by atoms with Crippen LogP contribution in [0.2, 0.25) is 0 Å². The predicted octanol–water partition coefficient (Wildman–Crippen LogP) is 1.44. The van der Waals surface area contributed by atoms with Crippen molar-refractivity contribution in [1.29, 1.82) is 0 Å². The van der Waals surface area contributed by atoms with Gasteiger partial charge in [0.05, 0.1) is 6.33 Å². The summed E-state index contributed by atoms with van der Waals surface area (Å²) in [5.74, 6) is 0.0239. The third-order valence-corrected chi connectivity index (χ3v) is 2.57. The number of ketones is 1. The van der Waals surface area contributed by atoms with Crippen molar-refractivity contribution < 1.29 is 9.53 Å². The first-order valence-electron chi connectivity index (χ1n) is 4.89. The maximum Gasteiger partial charge on any atom is 0.179 e. The second kappa shape index (κ2) is 3.92. The summed E-state index contributed by atoms with van der Waals surface area (Å²) in [6, 6.07) is 0.448. The van der Waals surface area contributed by atoms with Gasteiger partial charge in [0.25, 0.3) is 0 Å². The molecule has 76 valence electrons. The zero-order chi connectivity index (χ0) is 9.97. The van der Waals surface area contributed by atoms with Crippen LogP contribution in [0.1, 0.15) is 36.3 Å². The van der Waals surface area contributed by atoms with Gasteiger partial charge < -0.3 is 9.30 Å². The standard InChI is InChI=1S/C10H14N2O2/c1-8(13)10-6-12(7-11-10)9-2-4-14-5-3-9/h6-7,9H,2-5H2,1H3. The number of hydrogen-bond acceptors (Lipinski definition) is 3. The minimum Gasteiger partial charge on any atom is -0.381 e. The molecule has 1 aliphatic rings. The normalized spacial score (nSPS) is 18.4. The van der Waals surface area contributed by atoms with E-state index >= 15 is 0 Å². The molecule has 1 fully saturated rings. The molecule has 0 aromatic carbocycles. The summed E-state index contributed by atoms with van der Waals surface area (Å²) in [6.45, 7) is 3.15. The number of nitrogens with zero attached hydrogens (tertiary/aromatic N) is 2. The molecule has 1 aromatic rings. The summed E-state index contributed by atoms with van der Waals surface area (Å²) in [5, 5.41) is 0. The highest BCUT2D eigenvalue weighted by Crippen LogP contribution is 2.20. The Morgan fingerprint density at radius 3 is 2.86 bits per heavy atom. The van der Waals surface area contributed by atoms with E-state index in [9.17, 15) is 4.79 Å². The Labute approximate surface area is 82.9 Å². The first kappa shape index (κ1) is 9.40. The highest BCUT2D eigenvalue weighted by molar-refractivity contribution is 5.91. The molecule has 0 N–H and O–H groups in total. The molecule has 0 aliphatic carbocycles. The first-order chi connectivity index (χ1) is 6.77. The lowest BCUT2D eigenvalue weighted by Gasteiger charge is -2.22. The molecule has 0 radical (unpaired) electrons. The highest BCUT2D eigenvalue weighted by atomic mass is 16.5. The van der Waals surface area contributed by atoms with E-state index in [4.69, 9.17) is 4.74 Å². The summed E-state index contributed by atoms with van der Waals surface area (Å²) >= 11 is 0. The smallest absolute Gasteiger partial charge is 0.179 e. The number of carbonyl (C=O) groups is 1. The van der Waals surface area contributed by atoms with Crippen molar-refractivity contribution in [3.05, 3.63) is 18.2 Å². The summed E-state index contributed by atoms with van der Waals surface area (Å²) in [4.78, 5) is 15.1. The molecule has 0 unspecified atom stereocenters. The van der Waals surface area contributed by atoms with Crippen molar-refractivity contribution in [2.45, 2.75) is 25.8 Å². The Bertz CT molecular complexity index is 327. The van der Waals surface area contributed by atoms with Crippen LogP contribution >= 0.6 is 0 Å². The summed E-state index contributed by atoms with van der Waals surface area (Å²) in [6.07, 6.45) is 5.59. The lowest BCUT2D eigenvalue weighted by Crippen LogP contribution is -2.18. The number of rotatable bonds is 2. The fraction of sp³-hybridized carbons (Fsp3) is 0.600.